The summed E-state index contributed by atoms with van der Waals surface area (Å²) < 4.78 is 20.6. The van der Waals surface area contributed by atoms with Crippen LogP contribution in [0.5, 0.6) is 0 Å². The van der Waals surface area contributed by atoms with Crippen molar-refractivity contribution >= 4 is 16.2 Å². The van der Waals surface area contributed by atoms with Crippen LogP contribution in [0, 0.1) is 0 Å². The minimum Gasteiger partial charge on any atom is -0.294 e. The summed E-state index contributed by atoms with van der Waals surface area (Å²) in [6, 6.07) is 0. The fraction of sp³-hybridized carbons (Fsp3) is 0.667. The first-order valence-corrected chi connectivity index (χ1v) is 3.73. The molecule has 0 aromatic carbocycles. The molecular weight excluding hydrogens is 128 g/mol. The van der Waals surface area contributed by atoms with Crippen LogP contribution >= 0.6 is 0 Å². The number of hydrogen-bond acceptors (Lipinski definition) is 3. The minimum absolute atomic E-state index is 0.332. The van der Waals surface area contributed by atoms with Gasteiger partial charge in [0.2, 0.25) is 10.0 Å². The van der Waals surface area contributed by atoms with Gasteiger partial charge in [0.15, 0.2) is 0 Å². The third-order valence-corrected chi connectivity index (χ3v) is 2.09. The van der Waals surface area contributed by atoms with Crippen LogP contribution in [-0.2, 0) is 10.0 Å². The maximum Gasteiger partial charge on any atom is 0.218 e. The number of rotatable bonds is 1. The zero-order valence-electron chi connectivity index (χ0n) is 4.11. The summed E-state index contributed by atoms with van der Waals surface area (Å²) in [5, 5.41) is 4.21. The van der Waals surface area contributed by atoms with E-state index < -0.39 is 15.3 Å². The Labute approximate surface area is 47.5 Å². The van der Waals surface area contributed by atoms with Crippen LogP contribution in [-0.4, -0.2) is 26.4 Å². The lowest BCUT2D eigenvalue weighted by Gasteiger charge is -2.12. The molecule has 0 aromatic rings. The summed E-state index contributed by atoms with van der Waals surface area (Å²) in [5.41, 5.74) is 0. The van der Waals surface area contributed by atoms with Gasteiger partial charge in [-0.2, -0.15) is 0 Å². The Hall–Kier alpha value is -0.420. The van der Waals surface area contributed by atoms with E-state index in [1.165, 1.54) is 6.21 Å². The van der Waals surface area contributed by atoms with E-state index in [2.05, 4.69) is 4.99 Å². The van der Waals surface area contributed by atoms with Gasteiger partial charge in [0.05, 0.1) is 6.54 Å². The normalized spacial score (nSPS) is 27.4. The molecule has 1 atom stereocenters. The Morgan fingerprint density at radius 1 is 1.75 bits per heavy atom. The minimum atomic E-state index is -3.32. The Morgan fingerprint density at radius 3 is 2.25 bits per heavy atom. The molecule has 1 aliphatic heterocycles. The summed E-state index contributed by atoms with van der Waals surface area (Å²) in [7, 11) is -3.32. The summed E-state index contributed by atoms with van der Waals surface area (Å²) >= 11 is 0. The van der Waals surface area contributed by atoms with Crippen LogP contribution in [0.1, 0.15) is 0 Å². The molecule has 1 unspecified atom stereocenters. The average molecular weight is 134 g/mol. The lowest BCUT2D eigenvalue weighted by molar-refractivity contribution is 0.590. The third-order valence-electron chi connectivity index (χ3n) is 0.979. The number of hydrogen-bond donors (Lipinski definition) is 1. The molecule has 4 nitrogen and oxygen atoms in total. The second-order valence-corrected chi connectivity index (χ2v) is 3.43. The molecule has 0 amide bonds. The standard InChI is InChI=1S/C3H6N2O2S/c4-8(6,7)3-1-5-2-3/h1,3H,2H2,(H2,4,6,7). The van der Waals surface area contributed by atoms with Crippen molar-refractivity contribution in [1.82, 2.24) is 0 Å². The van der Waals surface area contributed by atoms with Gasteiger partial charge < -0.3 is 0 Å². The highest BCUT2D eigenvalue weighted by molar-refractivity contribution is 7.90. The van der Waals surface area contributed by atoms with Crippen molar-refractivity contribution in [3.05, 3.63) is 0 Å². The molecule has 1 heterocycles. The van der Waals surface area contributed by atoms with E-state index in [0.717, 1.165) is 0 Å². The first-order valence-electron chi connectivity index (χ1n) is 2.12. The Morgan fingerprint density at radius 2 is 2.25 bits per heavy atom. The first kappa shape index (κ1) is 5.71. The zero-order valence-corrected chi connectivity index (χ0v) is 4.93. The van der Waals surface area contributed by atoms with Gasteiger partial charge >= 0.3 is 0 Å². The fourth-order valence-corrected chi connectivity index (χ4v) is 0.930. The van der Waals surface area contributed by atoms with Crippen molar-refractivity contribution in [3.63, 3.8) is 0 Å². The molecule has 0 saturated heterocycles. The topological polar surface area (TPSA) is 72.5 Å². The number of primary sulfonamides is 1. The van der Waals surface area contributed by atoms with Crippen molar-refractivity contribution in [1.29, 1.82) is 0 Å². The molecular formula is C3H6N2O2S. The number of aliphatic imine (C=N–C) groups is 1. The third kappa shape index (κ3) is 0.873. The monoisotopic (exact) mass is 134 g/mol. The van der Waals surface area contributed by atoms with E-state index in [0.29, 0.717) is 6.54 Å². The van der Waals surface area contributed by atoms with Crippen molar-refractivity contribution < 1.29 is 8.42 Å². The molecule has 8 heavy (non-hydrogen) atoms. The zero-order chi connectivity index (χ0) is 6.20. The molecule has 0 spiro atoms. The van der Waals surface area contributed by atoms with Gasteiger partial charge in [0.25, 0.3) is 0 Å². The van der Waals surface area contributed by atoms with E-state index in [-0.39, 0.29) is 0 Å². The smallest absolute Gasteiger partial charge is 0.218 e. The van der Waals surface area contributed by atoms with E-state index in [4.69, 9.17) is 5.14 Å². The molecule has 46 valence electrons. The molecule has 0 fully saturated rings. The quantitative estimate of drug-likeness (QED) is 0.485. The molecule has 1 rings (SSSR count). The number of nitrogens with two attached hydrogens (primary N) is 1. The van der Waals surface area contributed by atoms with Gasteiger partial charge in [-0.3, -0.25) is 4.99 Å². The second kappa shape index (κ2) is 1.53. The maximum absolute atomic E-state index is 10.3. The lowest BCUT2D eigenvalue weighted by atomic mass is 10.4. The van der Waals surface area contributed by atoms with Crippen LogP contribution in [0.15, 0.2) is 4.99 Å². The fourth-order valence-electron chi connectivity index (χ4n) is 0.380. The predicted molar refractivity (Wildman–Crippen MR) is 30.3 cm³/mol. The Balaban J connectivity index is 2.77. The van der Waals surface area contributed by atoms with Gasteiger partial charge in [-0.15, -0.1) is 0 Å². The molecule has 0 saturated carbocycles. The van der Waals surface area contributed by atoms with Gasteiger partial charge in [-0.25, -0.2) is 13.6 Å². The lowest BCUT2D eigenvalue weighted by Crippen LogP contribution is -2.37. The van der Waals surface area contributed by atoms with Crippen LogP contribution < -0.4 is 5.14 Å². The highest BCUT2D eigenvalue weighted by atomic mass is 32.2. The Kier molecular flexibility index (Phi) is 1.09. The summed E-state index contributed by atoms with van der Waals surface area (Å²) in [6.45, 7) is 0.332. The van der Waals surface area contributed by atoms with Crippen LogP contribution in [0.25, 0.3) is 0 Å². The number of sulfonamides is 1. The van der Waals surface area contributed by atoms with E-state index in [9.17, 15) is 8.42 Å². The van der Waals surface area contributed by atoms with Crippen LogP contribution in [0.2, 0.25) is 0 Å². The van der Waals surface area contributed by atoms with E-state index in [1.54, 1.807) is 0 Å². The van der Waals surface area contributed by atoms with Crippen molar-refractivity contribution in [2.45, 2.75) is 5.25 Å². The average Bonchev–Trinajstić information content (AvgIpc) is 1.16. The molecule has 0 aromatic heterocycles. The molecule has 1 aliphatic rings. The maximum atomic E-state index is 10.3. The van der Waals surface area contributed by atoms with Gasteiger partial charge in [-0.1, -0.05) is 0 Å². The highest BCUT2D eigenvalue weighted by Gasteiger charge is 2.23. The van der Waals surface area contributed by atoms with Crippen molar-refractivity contribution in [2.75, 3.05) is 6.54 Å². The largest absolute Gasteiger partial charge is 0.294 e. The summed E-state index contributed by atoms with van der Waals surface area (Å²) in [4.78, 5) is 3.58. The molecule has 2 N–H and O–H groups in total. The summed E-state index contributed by atoms with van der Waals surface area (Å²) in [5.74, 6) is 0. The van der Waals surface area contributed by atoms with Crippen LogP contribution in [0.3, 0.4) is 0 Å². The van der Waals surface area contributed by atoms with Gasteiger partial charge in [0.1, 0.15) is 5.25 Å². The Bertz CT molecular complexity index is 205. The van der Waals surface area contributed by atoms with Gasteiger partial charge in [0, 0.05) is 6.21 Å². The summed E-state index contributed by atoms with van der Waals surface area (Å²) in [6.07, 6.45) is 1.34. The van der Waals surface area contributed by atoms with E-state index in [1.807, 2.05) is 0 Å². The predicted octanol–water partition coefficient (Wildman–Crippen LogP) is -1.27. The molecule has 0 bridgehead atoms. The second-order valence-electron chi connectivity index (χ2n) is 1.64. The van der Waals surface area contributed by atoms with Crippen LogP contribution in [0.4, 0.5) is 0 Å². The highest BCUT2D eigenvalue weighted by Crippen LogP contribution is 2.00. The molecule has 5 heteroatoms. The van der Waals surface area contributed by atoms with Gasteiger partial charge in [-0.05, 0) is 0 Å². The molecule has 0 radical (unpaired) electrons. The SMILES string of the molecule is NS(=O)(=O)C1C=NC1. The van der Waals surface area contributed by atoms with E-state index >= 15 is 0 Å². The van der Waals surface area contributed by atoms with Crippen molar-refractivity contribution in [3.8, 4) is 0 Å². The number of nitrogens with zero attached hydrogens (tertiary/aromatic N) is 1. The first-order chi connectivity index (χ1) is 3.61. The van der Waals surface area contributed by atoms with Crippen molar-refractivity contribution in [2.24, 2.45) is 10.1 Å². The molecule has 0 aliphatic carbocycles.